The van der Waals surface area contributed by atoms with E-state index in [0.717, 1.165) is 148 Å². The molecule has 0 amide bonds. The van der Waals surface area contributed by atoms with Crippen LogP contribution in [0.25, 0.3) is 0 Å². The summed E-state index contributed by atoms with van der Waals surface area (Å²) in [6.07, 6.45) is 80.0. The minimum absolute atomic E-state index is 0.0851. The van der Waals surface area contributed by atoms with E-state index in [2.05, 4.69) is 101 Å². The van der Waals surface area contributed by atoms with Crippen LogP contribution in [0.1, 0.15) is 387 Å². The zero-order valence-corrected chi connectivity index (χ0v) is 68.2. The molecule has 2 unspecified atom stereocenters. The summed E-state index contributed by atoms with van der Waals surface area (Å²) in [7, 11) is -9.95. The molecule has 3 N–H and O–H groups in total. The smallest absolute Gasteiger partial charge is 0.462 e. The molecule has 0 bridgehead atoms. The summed E-state index contributed by atoms with van der Waals surface area (Å²) in [5.74, 6) is -2.18. The fourth-order valence-corrected chi connectivity index (χ4v) is 13.4. The standard InChI is InChI=1S/C85H154O17P2/c1-5-9-13-17-21-25-29-33-37-38-39-40-44-46-50-54-58-62-66-70-83(88)96-76-81(102-85(90)72-68-64-60-56-52-48-43-36-32-28-24-20-16-12-8-4)78-100-104(93,94)98-74-79(86)73-97-103(91,92)99-77-80(101-84(89)71-67-63-59-55-51-47-42-35-31-27-23-19-15-11-7-3)75-95-82(87)69-65-61-57-53-49-45-41-34-30-26-22-18-14-10-6-2/h9,13,21,25,28,32-33,37,39-40,46,50,79-81,86H,5-8,10-12,14-20,22-24,26-27,29-31,34-36,38,41-45,47-49,51-78H2,1-4H3,(H,91,92)(H,93,94)/b13-9-,25-21-,32-28-,37-33-,40-39-,50-46-/t79-,80+,81+/m0/s1. The Morgan fingerprint density at radius 1 is 0.279 bits per heavy atom. The Hall–Kier alpha value is -3.50. The van der Waals surface area contributed by atoms with Crippen LogP contribution >= 0.6 is 15.6 Å². The Morgan fingerprint density at radius 3 is 0.798 bits per heavy atom. The van der Waals surface area contributed by atoms with Crippen LogP contribution in [0.4, 0.5) is 0 Å². The molecule has 0 saturated heterocycles. The van der Waals surface area contributed by atoms with Crippen molar-refractivity contribution in [3.8, 4) is 0 Å². The Balaban J connectivity index is 5.35. The summed E-state index contributed by atoms with van der Waals surface area (Å²) in [5, 5.41) is 10.7. The molecule has 5 atom stereocenters. The third kappa shape index (κ3) is 76.7. The Morgan fingerprint density at radius 2 is 0.500 bits per heavy atom. The van der Waals surface area contributed by atoms with E-state index in [1.165, 1.54) is 161 Å². The molecule has 0 heterocycles. The molecule has 19 heteroatoms. The zero-order valence-electron chi connectivity index (χ0n) is 66.5. The number of carbonyl (C=O) groups is 4. The van der Waals surface area contributed by atoms with Crippen molar-refractivity contribution in [2.75, 3.05) is 39.6 Å². The molecule has 0 aromatic carbocycles. The fraction of sp³-hybridized carbons (Fsp3) is 0.812. The molecule has 0 fully saturated rings. The topological polar surface area (TPSA) is 237 Å². The van der Waals surface area contributed by atoms with Gasteiger partial charge < -0.3 is 33.8 Å². The van der Waals surface area contributed by atoms with Gasteiger partial charge in [0.05, 0.1) is 26.4 Å². The monoisotopic (exact) mass is 1510 g/mol. The van der Waals surface area contributed by atoms with Crippen molar-refractivity contribution in [3.05, 3.63) is 72.9 Å². The van der Waals surface area contributed by atoms with Gasteiger partial charge in [0.25, 0.3) is 0 Å². The number of ether oxygens (including phenoxy) is 4. The number of hydrogen-bond donors (Lipinski definition) is 3. The zero-order chi connectivity index (χ0) is 76.0. The van der Waals surface area contributed by atoms with Gasteiger partial charge in [-0.05, 0) is 96.3 Å². The average molecular weight is 1510 g/mol. The Kier molecular flexibility index (Phi) is 75.0. The van der Waals surface area contributed by atoms with Crippen molar-refractivity contribution >= 4 is 39.5 Å². The summed E-state index contributed by atoms with van der Waals surface area (Å²) in [4.78, 5) is 73.1. The predicted octanol–water partition coefficient (Wildman–Crippen LogP) is 24.8. The first-order valence-electron chi connectivity index (χ1n) is 42.2. The first-order valence-corrected chi connectivity index (χ1v) is 45.2. The number of phosphoric ester groups is 2. The lowest BCUT2D eigenvalue weighted by atomic mass is 10.0. The molecule has 0 aromatic heterocycles. The maximum absolute atomic E-state index is 13.1. The van der Waals surface area contributed by atoms with Gasteiger partial charge in [0.15, 0.2) is 12.2 Å². The van der Waals surface area contributed by atoms with Gasteiger partial charge in [-0.2, -0.15) is 0 Å². The minimum atomic E-state index is -4.98. The van der Waals surface area contributed by atoms with Gasteiger partial charge >= 0.3 is 39.5 Å². The first kappa shape index (κ1) is 100. The summed E-state index contributed by atoms with van der Waals surface area (Å²) < 4.78 is 68.8. The highest BCUT2D eigenvalue weighted by Crippen LogP contribution is 2.45. The molecule has 0 rings (SSSR count). The van der Waals surface area contributed by atoms with E-state index in [0.29, 0.717) is 25.7 Å². The van der Waals surface area contributed by atoms with Crippen LogP contribution in [0.15, 0.2) is 72.9 Å². The average Bonchev–Trinajstić information content (AvgIpc) is 0.918. The Bertz CT molecular complexity index is 2250. The van der Waals surface area contributed by atoms with E-state index < -0.39 is 97.5 Å². The summed E-state index contributed by atoms with van der Waals surface area (Å²) in [5.41, 5.74) is 0. The van der Waals surface area contributed by atoms with Gasteiger partial charge in [-0.3, -0.25) is 37.3 Å². The molecular formula is C85H154O17P2. The van der Waals surface area contributed by atoms with E-state index in [1.807, 2.05) is 0 Å². The number of phosphoric acid groups is 2. The van der Waals surface area contributed by atoms with Crippen LogP contribution in [0.3, 0.4) is 0 Å². The molecule has 17 nitrogen and oxygen atoms in total. The van der Waals surface area contributed by atoms with Crippen molar-refractivity contribution < 1.29 is 80.2 Å². The van der Waals surface area contributed by atoms with Crippen LogP contribution in [0, 0.1) is 0 Å². The summed E-state index contributed by atoms with van der Waals surface area (Å²) >= 11 is 0. The number of hydrogen-bond acceptors (Lipinski definition) is 15. The van der Waals surface area contributed by atoms with Gasteiger partial charge in [0.2, 0.25) is 0 Å². The highest BCUT2D eigenvalue weighted by Gasteiger charge is 2.30. The summed E-state index contributed by atoms with van der Waals surface area (Å²) in [6.45, 7) is 4.81. The number of carbonyl (C=O) groups excluding carboxylic acids is 4. The molecule has 0 aliphatic heterocycles. The van der Waals surface area contributed by atoms with Gasteiger partial charge in [-0.1, -0.05) is 338 Å². The maximum atomic E-state index is 13.1. The van der Waals surface area contributed by atoms with Gasteiger partial charge in [-0.25, -0.2) is 9.13 Å². The largest absolute Gasteiger partial charge is 0.472 e. The normalized spacial score (nSPS) is 14.2. The van der Waals surface area contributed by atoms with E-state index >= 15 is 0 Å². The lowest BCUT2D eigenvalue weighted by Gasteiger charge is -2.21. The van der Waals surface area contributed by atoms with Crippen LogP contribution in [0.2, 0.25) is 0 Å². The van der Waals surface area contributed by atoms with Crippen molar-refractivity contribution in [3.63, 3.8) is 0 Å². The van der Waals surface area contributed by atoms with Crippen molar-refractivity contribution in [1.29, 1.82) is 0 Å². The van der Waals surface area contributed by atoms with Gasteiger partial charge in [0, 0.05) is 25.7 Å². The molecule has 0 saturated carbocycles. The number of aliphatic hydroxyl groups excluding tert-OH is 1. The highest BCUT2D eigenvalue weighted by atomic mass is 31.2. The number of esters is 4. The molecule has 0 aromatic rings. The first-order chi connectivity index (χ1) is 50.7. The molecule has 0 radical (unpaired) electrons. The van der Waals surface area contributed by atoms with E-state index in [-0.39, 0.29) is 25.7 Å². The third-order valence-electron chi connectivity index (χ3n) is 18.2. The lowest BCUT2D eigenvalue weighted by Crippen LogP contribution is -2.30. The van der Waals surface area contributed by atoms with Crippen LogP contribution in [0.5, 0.6) is 0 Å². The number of allylic oxidation sites excluding steroid dienone is 12. The van der Waals surface area contributed by atoms with E-state index in [1.54, 1.807) is 0 Å². The minimum Gasteiger partial charge on any atom is -0.462 e. The van der Waals surface area contributed by atoms with Crippen LogP contribution < -0.4 is 0 Å². The van der Waals surface area contributed by atoms with E-state index in [9.17, 15) is 43.2 Å². The number of rotatable bonds is 80. The van der Waals surface area contributed by atoms with Crippen molar-refractivity contribution in [2.45, 2.75) is 406 Å². The van der Waals surface area contributed by atoms with Gasteiger partial charge in [0.1, 0.15) is 19.3 Å². The molecule has 0 aliphatic carbocycles. The van der Waals surface area contributed by atoms with Crippen LogP contribution in [-0.4, -0.2) is 96.7 Å². The third-order valence-corrected chi connectivity index (χ3v) is 20.1. The van der Waals surface area contributed by atoms with Crippen molar-refractivity contribution in [1.82, 2.24) is 0 Å². The fourth-order valence-electron chi connectivity index (χ4n) is 11.8. The quantitative estimate of drug-likeness (QED) is 0.0169. The van der Waals surface area contributed by atoms with Crippen LogP contribution in [-0.2, 0) is 65.4 Å². The molecule has 0 aliphatic rings. The molecular weight excluding hydrogens is 1350 g/mol. The number of aliphatic hydroxyl groups is 1. The van der Waals surface area contributed by atoms with Gasteiger partial charge in [-0.15, -0.1) is 0 Å². The Labute approximate surface area is 634 Å². The molecule has 0 spiro atoms. The molecule has 606 valence electrons. The second kappa shape index (κ2) is 77.7. The predicted molar refractivity (Wildman–Crippen MR) is 427 cm³/mol. The van der Waals surface area contributed by atoms with E-state index in [4.69, 9.17) is 37.0 Å². The highest BCUT2D eigenvalue weighted by molar-refractivity contribution is 7.47. The summed E-state index contributed by atoms with van der Waals surface area (Å²) in [6, 6.07) is 0. The van der Waals surface area contributed by atoms with Crippen molar-refractivity contribution in [2.24, 2.45) is 0 Å². The second-order valence-electron chi connectivity index (χ2n) is 28.4. The number of unbranched alkanes of at least 4 members (excludes halogenated alkanes) is 42. The lowest BCUT2D eigenvalue weighted by molar-refractivity contribution is -0.161. The maximum Gasteiger partial charge on any atom is 0.472 e. The second-order valence-corrected chi connectivity index (χ2v) is 31.3. The molecule has 104 heavy (non-hydrogen) atoms. The SMILES string of the molecule is CC/C=C\C/C=C\C/C=C\C/C=C\C/C=C\CCCCCC(=O)OC[C@H](COP(=O)(O)OC[C@@H](O)COP(=O)(O)OC[C@@H](COC(=O)CCCCCCCCCCCCCCCCC)OC(=O)CCCCCCCCCCCCCCCCC)OC(=O)CCCCCCCCC/C=C\CCCCCC.